The van der Waals surface area contributed by atoms with E-state index >= 15 is 0 Å². The van der Waals surface area contributed by atoms with Gasteiger partial charge < -0.3 is 9.84 Å². The molecule has 1 aromatic rings. The lowest BCUT2D eigenvalue weighted by Crippen LogP contribution is -2.31. The van der Waals surface area contributed by atoms with Crippen LogP contribution in [0.1, 0.15) is 5.56 Å². The van der Waals surface area contributed by atoms with Crippen molar-refractivity contribution in [3.05, 3.63) is 34.9 Å². The van der Waals surface area contributed by atoms with Crippen LogP contribution in [0, 0.1) is 0 Å². The molecule has 3 nitrogen and oxygen atoms in total. The lowest BCUT2D eigenvalue weighted by atomic mass is 10.2. The lowest BCUT2D eigenvalue weighted by Gasteiger charge is -2.20. The molecule has 0 fully saturated rings. The van der Waals surface area contributed by atoms with Crippen LogP contribution in [-0.4, -0.2) is 43.4 Å². The van der Waals surface area contributed by atoms with Crippen molar-refractivity contribution in [1.29, 1.82) is 0 Å². The first-order valence-electron chi connectivity index (χ1n) is 5.22. The van der Waals surface area contributed by atoms with E-state index in [1.54, 1.807) is 7.11 Å². The monoisotopic (exact) mass is 243 g/mol. The quantitative estimate of drug-likeness (QED) is 0.827. The van der Waals surface area contributed by atoms with Gasteiger partial charge in [-0.05, 0) is 18.7 Å². The molecule has 0 aliphatic heterocycles. The van der Waals surface area contributed by atoms with E-state index in [1.165, 1.54) is 0 Å². The number of methoxy groups -OCH3 is 1. The van der Waals surface area contributed by atoms with Gasteiger partial charge in [-0.25, -0.2) is 0 Å². The van der Waals surface area contributed by atoms with Crippen LogP contribution >= 0.6 is 11.6 Å². The van der Waals surface area contributed by atoms with Crippen LogP contribution in [0.3, 0.4) is 0 Å². The Morgan fingerprint density at radius 2 is 2.12 bits per heavy atom. The summed E-state index contributed by atoms with van der Waals surface area (Å²) in [6.45, 7) is 1.65. The van der Waals surface area contributed by atoms with Gasteiger partial charge in [-0.3, -0.25) is 4.90 Å². The minimum Gasteiger partial charge on any atom is -0.389 e. The Morgan fingerprint density at radius 1 is 1.44 bits per heavy atom. The molecule has 1 aromatic carbocycles. The molecular formula is C12H18ClNO2. The molecule has 0 spiro atoms. The van der Waals surface area contributed by atoms with Crippen molar-refractivity contribution in [1.82, 2.24) is 4.90 Å². The molecule has 16 heavy (non-hydrogen) atoms. The minimum atomic E-state index is -0.461. The highest BCUT2D eigenvalue weighted by atomic mass is 35.5. The Bertz CT molecular complexity index is 320. The number of nitrogens with zero attached hydrogens (tertiary/aromatic N) is 1. The topological polar surface area (TPSA) is 32.7 Å². The van der Waals surface area contributed by atoms with Gasteiger partial charge in [0.25, 0.3) is 0 Å². The summed E-state index contributed by atoms with van der Waals surface area (Å²) in [6.07, 6.45) is -0.461. The van der Waals surface area contributed by atoms with Crippen LogP contribution < -0.4 is 0 Å². The van der Waals surface area contributed by atoms with Gasteiger partial charge >= 0.3 is 0 Å². The van der Waals surface area contributed by atoms with Crippen molar-refractivity contribution in [3.63, 3.8) is 0 Å². The van der Waals surface area contributed by atoms with Crippen LogP contribution in [-0.2, 0) is 11.3 Å². The fourth-order valence-electron chi connectivity index (χ4n) is 1.59. The van der Waals surface area contributed by atoms with E-state index in [-0.39, 0.29) is 0 Å². The summed E-state index contributed by atoms with van der Waals surface area (Å²) in [7, 11) is 3.53. The molecule has 0 heterocycles. The Morgan fingerprint density at radius 3 is 2.75 bits per heavy atom. The average molecular weight is 244 g/mol. The van der Waals surface area contributed by atoms with E-state index in [1.807, 2.05) is 36.2 Å². The van der Waals surface area contributed by atoms with E-state index in [0.29, 0.717) is 13.2 Å². The zero-order valence-electron chi connectivity index (χ0n) is 9.69. The Hall–Kier alpha value is -0.610. The maximum absolute atomic E-state index is 9.57. The number of aliphatic hydroxyl groups is 1. The van der Waals surface area contributed by atoms with Crippen LogP contribution in [0.2, 0.25) is 5.02 Å². The van der Waals surface area contributed by atoms with E-state index < -0.39 is 6.10 Å². The molecular weight excluding hydrogens is 226 g/mol. The van der Waals surface area contributed by atoms with Gasteiger partial charge in [-0.2, -0.15) is 0 Å². The molecule has 4 heteroatoms. The highest BCUT2D eigenvalue weighted by Gasteiger charge is 2.09. The molecule has 0 saturated heterocycles. The number of benzene rings is 1. The maximum atomic E-state index is 9.57. The van der Waals surface area contributed by atoms with Gasteiger partial charge in [0, 0.05) is 25.2 Å². The van der Waals surface area contributed by atoms with Crippen molar-refractivity contribution < 1.29 is 9.84 Å². The van der Waals surface area contributed by atoms with Gasteiger partial charge in [-0.1, -0.05) is 29.8 Å². The van der Waals surface area contributed by atoms with Crippen molar-refractivity contribution >= 4 is 11.6 Å². The van der Waals surface area contributed by atoms with Crippen LogP contribution in [0.5, 0.6) is 0 Å². The number of rotatable bonds is 6. The fourth-order valence-corrected chi connectivity index (χ4v) is 1.78. The Kier molecular flexibility index (Phi) is 5.77. The molecule has 1 rings (SSSR count). The number of hydrogen-bond donors (Lipinski definition) is 1. The van der Waals surface area contributed by atoms with Crippen LogP contribution in [0.4, 0.5) is 0 Å². The predicted octanol–water partition coefficient (Wildman–Crippen LogP) is 1.78. The first-order chi connectivity index (χ1) is 7.63. The van der Waals surface area contributed by atoms with Gasteiger partial charge in [0.2, 0.25) is 0 Å². The minimum absolute atomic E-state index is 0.354. The molecule has 0 aromatic heterocycles. The summed E-state index contributed by atoms with van der Waals surface area (Å²) >= 11 is 6.05. The number of hydrogen-bond acceptors (Lipinski definition) is 3. The largest absolute Gasteiger partial charge is 0.389 e. The van der Waals surface area contributed by atoms with E-state index in [0.717, 1.165) is 17.1 Å². The first kappa shape index (κ1) is 13.5. The van der Waals surface area contributed by atoms with Crippen molar-refractivity contribution in [3.8, 4) is 0 Å². The molecule has 0 aliphatic rings. The zero-order chi connectivity index (χ0) is 12.0. The summed E-state index contributed by atoms with van der Waals surface area (Å²) in [4.78, 5) is 2.02. The SMILES string of the molecule is COCC(O)CN(C)Cc1ccccc1Cl. The standard InChI is InChI=1S/C12H18ClNO2/c1-14(8-11(15)9-16-2)7-10-5-3-4-6-12(10)13/h3-6,11,15H,7-9H2,1-2H3. The predicted molar refractivity (Wildman–Crippen MR) is 65.7 cm³/mol. The summed E-state index contributed by atoms with van der Waals surface area (Å²) in [5.74, 6) is 0. The van der Waals surface area contributed by atoms with E-state index in [9.17, 15) is 5.11 Å². The van der Waals surface area contributed by atoms with E-state index in [2.05, 4.69) is 0 Å². The number of likely N-dealkylation sites (N-methyl/N-ethyl adjacent to an activating group) is 1. The molecule has 90 valence electrons. The van der Waals surface area contributed by atoms with Gasteiger partial charge in [-0.15, -0.1) is 0 Å². The highest BCUT2D eigenvalue weighted by molar-refractivity contribution is 6.31. The van der Waals surface area contributed by atoms with Crippen LogP contribution in [0.25, 0.3) is 0 Å². The third kappa shape index (κ3) is 4.49. The second-order valence-electron chi connectivity index (χ2n) is 3.90. The molecule has 0 bridgehead atoms. The van der Waals surface area contributed by atoms with E-state index in [4.69, 9.17) is 16.3 Å². The molecule has 0 aliphatic carbocycles. The van der Waals surface area contributed by atoms with Gasteiger partial charge in [0.15, 0.2) is 0 Å². The molecule has 1 N–H and O–H groups in total. The van der Waals surface area contributed by atoms with Crippen LogP contribution in [0.15, 0.2) is 24.3 Å². The number of ether oxygens (including phenoxy) is 1. The molecule has 0 saturated carbocycles. The summed E-state index contributed by atoms with van der Waals surface area (Å²) in [5, 5.41) is 10.3. The fraction of sp³-hybridized carbons (Fsp3) is 0.500. The third-order valence-electron chi connectivity index (χ3n) is 2.28. The van der Waals surface area contributed by atoms with Crippen molar-refractivity contribution in [2.75, 3.05) is 27.3 Å². The molecule has 1 atom stereocenters. The summed E-state index contributed by atoms with van der Waals surface area (Å²) < 4.78 is 4.88. The summed E-state index contributed by atoms with van der Waals surface area (Å²) in [6, 6.07) is 7.73. The second-order valence-corrected chi connectivity index (χ2v) is 4.30. The molecule has 0 amide bonds. The number of aliphatic hydroxyl groups excluding tert-OH is 1. The smallest absolute Gasteiger partial charge is 0.0900 e. The normalized spacial score (nSPS) is 13.1. The second kappa shape index (κ2) is 6.86. The Labute approximate surface area is 102 Å². The average Bonchev–Trinajstić information content (AvgIpc) is 2.21. The third-order valence-corrected chi connectivity index (χ3v) is 2.65. The summed E-state index contributed by atoms with van der Waals surface area (Å²) in [5.41, 5.74) is 1.07. The van der Waals surface area contributed by atoms with Gasteiger partial charge in [0.05, 0.1) is 12.7 Å². The number of halogens is 1. The Balaban J connectivity index is 2.45. The van der Waals surface area contributed by atoms with Gasteiger partial charge in [0.1, 0.15) is 0 Å². The zero-order valence-corrected chi connectivity index (χ0v) is 10.4. The lowest BCUT2D eigenvalue weighted by molar-refractivity contribution is 0.0419. The van der Waals surface area contributed by atoms with Crippen molar-refractivity contribution in [2.24, 2.45) is 0 Å². The maximum Gasteiger partial charge on any atom is 0.0900 e. The first-order valence-corrected chi connectivity index (χ1v) is 5.60. The molecule has 1 unspecified atom stereocenters. The van der Waals surface area contributed by atoms with Crippen molar-refractivity contribution in [2.45, 2.75) is 12.6 Å². The highest BCUT2D eigenvalue weighted by Crippen LogP contribution is 2.16. The molecule has 0 radical (unpaired) electrons.